The van der Waals surface area contributed by atoms with Gasteiger partial charge >= 0.3 is 23.9 Å². The number of alkyl carbamates (subject to hydrolysis) is 1. The Morgan fingerprint density at radius 2 is 1.81 bits per heavy atom. The van der Waals surface area contributed by atoms with Crippen LogP contribution in [-0.2, 0) is 14.3 Å². The molecule has 0 aliphatic rings. The maximum atomic E-state index is 13.8. The molecule has 1 amide bonds. The summed E-state index contributed by atoms with van der Waals surface area (Å²) in [6.07, 6.45) is -6.66. The average molecular weight is 391 g/mol. The number of alkyl halides is 3. The van der Waals surface area contributed by atoms with E-state index in [-0.39, 0.29) is 18.3 Å². The maximum absolute atomic E-state index is 13.8. The zero-order valence-corrected chi connectivity index (χ0v) is 14.7. The molecule has 0 radical (unpaired) electrons. The Balaban J connectivity index is 2.48. The molecular weight excluding hydrogens is 375 g/mol. The van der Waals surface area contributed by atoms with Crippen molar-refractivity contribution < 1.29 is 32.2 Å². The molecule has 0 aliphatic carbocycles. The van der Waals surface area contributed by atoms with E-state index < -0.39 is 23.9 Å². The quantitative estimate of drug-likeness (QED) is 0.580. The highest BCUT2D eigenvalue weighted by molar-refractivity contribution is 7.22. The number of nitrogens with zero attached hydrogens (tertiary/aromatic N) is 1. The number of anilines is 1. The Kier molecular flexibility index (Phi) is 5.90. The van der Waals surface area contributed by atoms with Crippen LogP contribution in [0.3, 0.4) is 0 Å². The fourth-order valence-corrected chi connectivity index (χ4v) is 2.96. The van der Waals surface area contributed by atoms with Gasteiger partial charge in [0, 0.05) is 0 Å². The number of amides is 1. The predicted molar refractivity (Wildman–Crippen MR) is 88.8 cm³/mol. The van der Waals surface area contributed by atoms with Crippen molar-refractivity contribution in [2.24, 2.45) is 0 Å². The second-order valence-electron chi connectivity index (χ2n) is 4.93. The molecule has 1 aromatic carbocycles. The number of fused-ring (bicyclic) bond motifs is 1. The molecule has 7 nitrogen and oxygen atoms in total. The summed E-state index contributed by atoms with van der Waals surface area (Å²) in [4.78, 5) is 27.9. The van der Waals surface area contributed by atoms with Crippen molar-refractivity contribution in [3.05, 3.63) is 24.3 Å². The van der Waals surface area contributed by atoms with Crippen molar-refractivity contribution >= 4 is 38.7 Å². The van der Waals surface area contributed by atoms with E-state index in [9.17, 15) is 22.8 Å². The van der Waals surface area contributed by atoms with Gasteiger partial charge < -0.3 is 14.8 Å². The van der Waals surface area contributed by atoms with E-state index in [0.717, 1.165) is 11.3 Å². The first-order chi connectivity index (χ1) is 12.2. The number of aromatic nitrogens is 1. The average Bonchev–Trinajstić information content (AvgIpc) is 2.95. The smallest absolute Gasteiger partial charge is 0.442 e. The number of hydrogen-bond donors (Lipinski definition) is 2. The highest BCUT2D eigenvalue weighted by atomic mass is 32.1. The Hall–Kier alpha value is -2.56. The number of para-hydroxylation sites is 1. The van der Waals surface area contributed by atoms with Crippen LogP contribution in [0, 0.1) is 0 Å². The number of thiazole rings is 1. The van der Waals surface area contributed by atoms with E-state index >= 15 is 0 Å². The van der Waals surface area contributed by atoms with Gasteiger partial charge in [-0.3, -0.25) is 5.32 Å². The summed E-state index contributed by atoms with van der Waals surface area (Å²) in [6.45, 7) is 2.27. The van der Waals surface area contributed by atoms with Crippen LogP contribution in [-0.4, -0.2) is 42.1 Å². The van der Waals surface area contributed by atoms with Crippen molar-refractivity contribution in [3.8, 4) is 0 Å². The highest BCUT2D eigenvalue weighted by Gasteiger charge is 2.64. The molecule has 0 saturated carbocycles. The first-order valence-corrected chi connectivity index (χ1v) is 8.37. The Labute approximate surface area is 150 Å². The van der Waals surface area contributed by atoms with Crippen LogP contribution in [0.2, 0.25) is 0 Å². The lowest BCUT2D eigenvalue weighted by molar-refractivity contribution is -0.205. The fourth-order valence-electron chi connectivity index (χ4n) is 2.04. The van der Waals surface area contributed by atoms with Gasteiger partial charge in [-0.25, -0.2) is 14.6 Å². The van der Waals surface area contributed by atoms with Gasteiger partial charge in [0.15, 0.2) is 5.13 Å². The molecule has 1 atom stereocenters. The lowest BCUT2D eigenvalue weighted by Crippen LogP contribution is -2.69. The summed E-state index contributed by atoms with van der Waals surface area (Å²) in [5.41, 5.74) is -3.10. The van der Waals surface area contributed by atoms with Crippen LogP contribution >= 0.6 is 11.3 Å². The number of benzene rings is 1. The predicted octanol–water partition coefficient (Wildman–Crippen LogP) is 3.28. The Morgan fingerprint density at radius 1 is 1.15 bits per heavy atom. The highest BCUT2D eigenvalue weighted by Crippen LogP contribution is 2.35. The minimum atomic E-state index is -5.23. The third-order valence-electron chi connectivity index (χ3n) is 3.16. The molecule has 2 aromatic rings. The van der Waals surface area contributed by atoms with Crippen molar-refractivity contribution in [1.29, 1.82) is 0 Å². The molecule has 0 unspecified atom stereocenters. The zero-order valence-electron chi connectivity index (χ0n) is 13.8. The van der Waals surface area contributed by atoms with E-state index in [1.54, 1.807) is 29.6 Å². The number of nitrogens with one attached hydrogen (secondary N) is 2. The SMILES string of the molecule is CCOC(=O)N[C@@](Nc1nc2ccccc2s1)(C(=O)OCC)C(F)(F)F. The molecule has 0 spiro atoms. The van der Waals surface area contributed by atoms with E-state index in [1.165, 1.54) is 13.8 Å². The number of carbonyl (C=O) groups is 2. The molecule has 0 fully saturated rings. The molecule has 1 aromatic heterocycles. The molecule has 142 valence electrons. The monoisotopic (exact) mass is 391 g/mol. The van der Waals surface area contributed by atoms with E-state index in [2.05, 4.69) is 14.5 Å². The van der Waals surface area contributed by atoms with Crippen LogP contribution in [0.1, 0.15) is 13.8 Å². The molecule has 1 heterocycles. The second-order valence-corrected chi connectivity index (χ2v) is 5.96. The van der Waals surface area contributed by atoms with Crippen molar-refractivity contribution in [2.75, 3.05) is 18.5 Å². The third-order valence-corrected chi connectivity index (χ3v) is 4.11. The fraction of sp³-hybridized carbons (Fsp3) is 0.400. The summed E-state index contributed by atoms with van der Waals surface area (Å²) in [7, 11) is 0. The van der Waals surface area contributed by atoms with E-state index in [0.29, 0.717) is 10.2 Å². The van der Waals surface area contributed by atoms with Crippen molar-refractivity contribution in [2.45, 2.75) is 25.7 Å². The number of rotatable bonds is 6. The van der Waals surface area contributed by atoms with Gasteiger partial charge in [0.2, 0.25) is 0 Å². The van der Waals surface area contributed by atoms with Gasteiger partial charge in [0.05, 0.1) is 23.4 Å². The topological polar surface area (TPSA) is 89.5 Å². The first-order valence-electron chi connectivity index (χ1n) is 7.56. The Morgan fingerprint density at radius 3 is 2.38 bits per heavy atom. The summed E-state index contributed by atoms with van der Waals surface area (Å²) < 4.78 is 51.2. The molecule has 0 saturated heterocycles. The summed E-state index contributed by atoms with van der Waals surface area (Å²) in [5.74, 6) is -1.72. The molecule has 0 aliphatic heterocycles. The van der Waals surface area contributed by atoms with Crippen molar-refractivity contribution in [1.82, 2.24) is 10.3 Å². The minimum Gasteiger partial charge on any atom is -0.463 e. The van der Waals surface area contributed by atoms with E-state index in [4.69, 9.17) is 0 Å². The maximum Gasteiger partial charge on any atom is 0.442 e. The van der Waals surface area contributed by atoms with E-state index in [1.807, 2.05) is 5.32 Å². The first kappa shape index (κ1) is 19.8. The van der Waals surface area contributed by atoms with Gasteiger partial charge in [-0.2, -0.15) is 13.2 Å². The van der Waals surface area contributed by atoms with Gasteiger partial charge in [-0.1, -0.05) is 23.5 Å². The molecule has 2 rings (SSSR count). The van der Waals surface area contributed by atoms with Crippen LogP contribution in [0.4, 0.5) is 23.1 Å². The standard InChI is InChI=1S/C15H16F3N3O4S/c1-3-24-11(22)14(15(16,17)18,21-13(23)25-4-2)20-12-19-9-7-5-6-8-10(9)26-12/h5-8H,3-4H2,1-2H3,(H,19,20)(H,21,23)/t14-/m0/s1. The number of esters is 1. The molecular formula is C15H16F3N3O4S. The number of hydrogen-bond acceptors (Lipinski definition) is 7. The van der Waals surface area contributed by atoms with Gasteiger partial charge in [0.25, 0.3) is 0 Å². The largest absolute Gasteiger partial charge is 0.463 e. The molecule has 11 heteroatoms. The summed E-state index contributed by atoms with van der Waals surface area (Å²) in [6, 6.07) is 6.64. The van der Waals surface area contributed by atoms with Gasteiger partial charge in [-0.15, -0.1) is 0 Å². The Bertz CT molecular complexity index is 763. The van der Waals surface area contributed by atoms with Crippen molar-refractivity contribution in [3.63, 3.8) is 0 Å². The molecule has 2 N–H and O–H groups in total. The van der Waals surface area contributed by atoms with Crippen LogP contribution in [0.15, 0.2) is 24.3 Å². The third kappa shape index (κ3) is 3.98. The number of carbonyl (C=O) groups excluding carboxylic acids is 2. The number of ether oxygens (including phenoxy) is 2. The zero-order chi connectivity index (χ0) is 19.4. The van der Waals surface area contributed by atoms with Crippen LogP contribution in [0.25, 0.3) is 10.2 Å². The second kappa shape index (κ2) is 7.77. The van der Waals surface area contributed by atoms with Crippen LogP contribution < -0.4 is 10.6 Å². The summed E-state index contributed by atoms with van der Waals surface area (Å²) in [5, 5.41) is 3.32. The van der Waals surface area contributed by atoms with Gasteiger partial charge in [0.1, 0.15) is 0 Å². The van der Waals surface area contributed by atoms with Crippen LogP contribution in [0.5, 0.6) is 0 Å². The number of halogens is 3. The normalized spacial score (nSPS) is 13.7. The van der Waals surface area contributed by atoms with Gasteiger partial charge in [-0.05, 0) is 26.0 Å². The summed E-state index contributed by atoms with van der Waals surface area (Å²) >= 11 is 0.894. The molecule has 0 bridgehead atoms. The molecule has 26 heavy (non-hydrogen) atoms. The lowest BCUT2D eigenvalue weighted by atomic mass is 10.1. The minimum absolute atomic E-state index is 0.177. The lowest BCUT2D eigenvalue weighted by Gasteiger charge is -2.33.